The van der Waals surface area contributed by atoms with E-state index in [2.05, 4.69) is 44.4 Å². The van der Waals surface area contributed by atoms with E-state index < -0.39 is 0 Å². The van der Waals surface area contributed by atoms with Crippen LogP contribution in [-0.4, -0.2) is 41.9 Å². The topological polar surface area (TPSA) is 61.4 Å². The van der Waals surface area contributed by atoms with E-state index in [1.165, 1.54) is 5.69 Å². The Bertz CT molecular complexity index is 997. The Kier molecular flexibility index (Phi) is 5.42. The number of Topliss-reactive ketones (excluding diaryl/α,β-unsaturated/α-hetero) is 1. The summed E-state index contributed by atoms with van der Waals surface area (Å²) in [6.07, 6.45) is 0. The van der Waals surface area contributed by atoms with E-state index in [4.69, 9.17) is 4.98 Å². The van der Waals surface area contributed by atoms with Crippen molar-refractivity contribution in [1.82, 2.24) is 9.97 Å². The van der Waals surface area contributed by atoms with Gasteiger partial charge in [-0.3, -0.25) is 4.79 Å². The molecule has 0 bridgehead atoms. The number of hydrogen-bond acceptors (Lipinski definition) is 6. The van der Waals surface area contributed by atoms with E-state index in [9.17, 15) is 4.79 Å². The molecule has 1 N–H and O–H groups in total. The molecule has 1 saturated heterocycles. The molecule has 0 unspecified atom stereocenters. The Morgan fingerprint density at radius 2 is 1.62 bits per heavy atom. The third-order valence-corrected chi connectivity index (χ3v) is 5.09. The molecule has 0 saturated carbocycles. The van der Waals surface area contributed by atoms with Crippen molar-refractivity contribution in [3.8, 4) is 0 Å². The second-order valence-electron chi connectivity index (χ2n) is 7.26. The summed E-state index contributed by atoms with van der Waals surface area (Å²) in [5.41, 5.74) is 3.65. The summed E-state index contributed by atoms with van der Waals surface area (Å²) in [6.45, 7) is 7.26. The van der Waals surface area contributed by atoms with E-state index in [-0.39, 0.29) is 5.78 Å². The van der Waals surface area contributed by atoms with Gasteiger partial charge >= 0.3 is 0 Å². The quantitative estimate of drug-likeness (QED) is 0.666. The van der Waals surface area contributed by atoms with Crippen molar-refractivity contribution in [2.24, 2.45) is 0 Å². The van der Waals surface area contributed by atoms with E-state index in [0.29, 0.717) is 11.5 Å². The van der Waals surface area contributed by atoms with Crippen LogP contribution < -0.4 is 15.1 Å². The lowest BCUT2D eigenvalue weighted by molar-refractivity contribution is 0.101. The van der Waals surface area contributed by atoms with E-state index in [1.54, 1.807) is 6.92 Å². The van der Waals surface area contributed by atoms with Gasteiger partial charge in [-0.15, -0.1) is 0 Å². The first kappa shape index (κ1) is 18.9. The van der Waals surface area contributed by atoms with Gasteiger partial charge in [0.15, 0.2) is 5.78 Å². The molecule has 0 radical (unpaired) electrons. The van der Waals surface area contributed by atoms with Crippen LogP contribution in [0, 0.1) is 6.92 Å². The number of piperazine rings is 1. The molecule has 6 heteroatoms. The van der Waals surface area contributed by atoms with Crippen LogP contribution in [0.3, 0.4) is 0 Å². The van der Waals surface area contributed by atoms with Crippen LogP contribution in [-0.2, 0) is 0 Å². The lowest BCUT2D eigenvalue weighted by Crippen LogP contribution is -2.46. The van der Waals surface area contributed by atoms with E-state index in [1.807, 2.05) is 43.3 Å². The third-order valence-electron chi connectivity index (χ3n) is 5.09. The zero-order valence-corrected chi connectivity index (χ0v) is 16.8. The minimum absolute atomic E-state index is 0.0378. The zero-order valence-electron chi connectivity index (χ0n) is 16.8. The predicted octanol–water partition coefficient (Wildman–Crippen LogP) is 4.06. The standard InChI is InChI=1S/C23H25N5O/c1-17-15-22(28-13-11-27(12-14-28)21-9-4-3-5-10-21)26-23(24-17)25-20-8-6-7-19(16-20)18(2)29/h3-10,15-16H,11-14H2,1-2H3,(H,24,25,26). The van der Waals surface area contributed by atoms with Gasteiger partial charge in [-0.25, -0.2) is 4.98 Å². The minimum atomic E-state index is 0.0378. The van der Waals surface area contributed by atoms with Crippen LogP contribution in [0.4, 0.5) is 23.1 Å². The molecule has 148 valence electrons. The summed E-state index contributed by atoms with van der Waals surface area (Å²) in [5.74, 6) is 1.51. The molecule has 2 heterocycles. The van der Waals surface area contributed by atoms with E-state index in [0.717, 1.165) is 43.4 Å². The van der Waals surface area contributed by atoms with Crippen LogP contribution in [0.2, 0.25) is 0 Å². The number of aryl methyl sites for hydroxylation is 1. The number of rotatable bonds is 5. The molecule has 4 rings (SSSR count). The summed E-state index contributed by atoms with van der Waals surface area (Å²) in [6, 6.07) is 19.9. The van der Waals surface area contributed by atoms with Crippen molar-refractivity contribution in [2.75, 3.05) is 41.3 Å². The first-order valence-electron chi connectivity index (χ1n) is 9.87. The molecule has 29 heavy (non-hydrogen) atoms. The smallest absolute Gasteiger partial charge is 0.229 e. The molecule has 1 aliphatic heterocycles. The van der Waals surface area contributed by atoms with Crippen LogP contribution in [0.15, 0.2) is 60.7 Å². The van der Waals surface area contributed by atoms with Crippen LogP contribution in [0.1, 0.15) is 23.0 Å². The Morgan fingerprint density at radius 1 is 0.897 bits per heavy atom. The summed E-state index contributed by atoms with van der Waals surface area (Å²) >= 11 is 0. The summed E-state index contributed by atoms with van der Waals surface area (Å²) in [7, 11) is 0. The van der Waals surface area contributed by atoms with Gasteiger partial charge in [-0.2, -0.15) is 4.98 Å². The van der Waals surface area contributed by atoms with Gasteiger partial charge in [0.1, 0.15) is 5.82 Å². The minimum Gasteiger partial charge on any atom is -0.368 e. The van der Waals surface area contributed by atoms with Gasteiger partial charge in [-0.05, 0) is 38.1 Å². The maximum atomic E-state index is 11.6. The molecule has 0 amide bonds. The van der Waals surface area contributed by atoms with Gasteiger partial charge in [0.25, 0.3) is 0 Å². The fourth-order valence-electron chi connectivity index (χ4n) is 3.55. The van der Waals surface area contributed by atoms with Gasteiger partial charge in [0, 0.05) is 54.9 Å². The highest BCUT2D eigenvalue weighted by atomic mass is 16.1. The lowest BCUT2D eigenvalue weighted by Gasteiger charge is -2.36. The normalized spacial score (nSPS) is 14.0. The lowest BCUT2D eigenvalue weighted by atomic mass is 10.1. The number of para-hydroxylation sites is 1. The first-order chi connectivity index (χ1) is 14.1. The monoisotopic (exact) mass is 387 g/mol. The Morgan fingerprint density at radius 3 is 2.34 bits per heavy atom. The van der Waals surface area contributed by atoms with Crippen LogP contribution in [0.5, 0.6) is 0 Å². The summed E-state index contributed by atoms with van der Waals surface area (Å²) < 4.78 is 0. The second kappa shape index (κ2) is 8.31. The molecular weight excluding hydrogens is 362 g/mol. The zero-order chi connectivity index (χ0) is 20.2. The largest absolute Gasteiger partial charge is 0.368 e. The molecule has 0 atom stereocenters. The van der Waals surface area contributed by atoms with Crippen molar-refractivity contribution in [3.63, 3.8) is 0 Å². The fraction of sp³-hybridized carbons (Fsp3) is 0.261. The Hall–Kier alpha value is -3.41. The highest BCUT2D eigenvalue weighted by Crippen LogP contribution is 2.22. The number of nitrogens with one attached hydrogen (secondary N) is 1. The van der Waals surface area contributed by atoms with Gasteiger partial charge in [0.05, 0.1) is 0 Å². The van der Waals surface area contributed by atoms with Crippen molar-refractivity contribution in [3.05, 3.63) is 71.9 Å². The predicted molar refractivity (Wildman–Crippen MR) is 117 cm³/mol. The third kappa shape index (κ3) is 4.54. The van der Waals surface area contributed by atoms with Gasteiger partial charge in [0.2, 0.25) is 5.95 Å². The van der Waals surface area contributed by atoms with Crippen molar-refractivity contribution >= 4 is 28.9 Å². The Balaban J connectivity index is 1.48. The number of carbonyl (C=O) groups is 1. The molecular formula is C23H25N5O. The van der Waals surface area contributed by atoms with Crippen LogP contribution in [0.25, 0.3) is 0 Å². The maximum Gasteiger partial charge on any atom is 0.229 e. The number of nitrogens with zero attached hydrogens (tertiary/aromatic N) is 4. The Labute approximate surface area is 171 Å². The molecule has 1 fully saturated rings. The molecule has 1 aromatic heterocycles. The average molecular weight is 387 g/mol. The molecule has 1 aliphatic rings. The molecule has 6 nitrogen and oxygen atoms in total. The average Bonchev–Trinajstić information content (AvgIpc) is 2.74. The summed E-state index contributed by atoms with van der Waals surface area (Å²) in [4.78, 5) is 25.6. The molecule has 0 spiro atoms. The maximum absolute atomic E-state index is 11.6. The first-order valence-corrected chi connectivity index (χ1v) is 9.87. The van der Waals surface area contributed by atoms with Crippen molar-refractivity contribution in [1.29, 1.82) is 0 Å². The number of ketones is 1. The number of hydrogen-bond donors (Lipinski definition) is 1. The SMILES string of the molecule is CC(=O)c1cccc(Nc2nc(C)cc(N3CCN(c4ccccc4)CC3)n2)c1. The number of benzene rings is 2. The second-order valence-corrected chi connectivity index (χ2v) is 7.26. The number of carbonyl (C=O) groups excluding carboxylic acids is 1. The molecule has 2 aromatic carbocycles. The van der Waals surface area contributed by atoms with Gasteiger partial charge < -0.3 is 15.1 Å². The fourth-order valence-corrected chi connectivity index (χ4v) is 3.55. The highest BCUT2D eigenvalue weighted by Gasteiger charge is 2.19. The number of anilines is 4. The van der Waals surface area contributed by atoms with E-state index >= 15 is 0 Å². The molecule has 3 aromatic rings. The van der Waals surface area contributed by atoms with Crippen molar-refractivity contribution in [2.45, 2.75) is 13.8 Å². The number of aromatic nitrogens is 2. The molecule has 0 aliphatic carbocycles. The van der Waals surface area contributed by atoms with Crippen LogP contribution >= 0.6 is 0 Å². The van der Waals surface area contributed by atoms with Crippen molar-refractivity contribution < 1.29 is 4.79 Å². The van der Waals surface area contributed by atoms with Gasteiger partial charge in [-0.1, -0.05) is 30.3 Å². The summed E-state index contributed by atoms with van der Waals surface area (Å²) in [5, 5.41) is 3.24. The highest BCUT2D eigenvalue weighted by molar-refractivity contribution is 5.95.